The first-order valence-corrected chi connectivity index (χ1v) is 4.23. The molecule has 1 aliphatic carbocycles. The number of hydrogen-bond acceptors (Lipinski definition) is 2. The van der Waals surface area contributed by atoms with Crippen LogP contribution in [0.5, 0.6) is 0 Å². The normalized spacial score (nSPS) is 19.8. The van der Waals surface area contributed by atoms with E-state index in [0.29, 0.717) is 5.69 Å². The van der Waals surface area contributed by atoms with Gasteiger partial charge in [0.15, 0.2) is 5.69 Å². The van der Waals surface area contributed by atoms with Crippen LogP contribution in [0, 0.1) is 0 Å². The number of halogens is 3. The monoisotopic (exact) mass is 205 g/mol. The lowest BCUT2D eigenvalue weighted by Gasteiger charge is -2.07. The second-order valence-electron chi connectivity index (χ2n) is 3.69. The molecule has 0 unspecified atom stereocenters. The van der Waals surface area contributed by atoms with Crippen LogP contribution in [0.2, 0.25) is 0 Å². The minimum atomic E-state index is -4.39. The van der Waals surface area contributed by atoms with E-state index < -0.39 is 17.4 Å². The predicted octanol–water partition coefficient (Wildman–Crippen LogP) is 1.39. The summed E-state index contributed by atoms with van der Waals surface area (Å²) in [5.41, 5.74) is 4.81. The third-order valence-electron chi connectivity index (χ3n) is 2.47. The fourth-order valence-electron chi connectivity index (χ4n) is 1.46. The Balaban J connectivity index is 2.40. The Bertz CT molecular complexity index is 362. The van der Waals surface area contributed by atoms with Gasteiger partial charge in [0.1, 0.15) is 0 Å². The van der Waals surface area contributed by atoms with Gasteiger partial charge in [-0.1, -0.05) is 0 Å². The summed E-state index contributed by atoms with van der Waals surface area (Å²) < 4.78 is 38.0. The summed E-state index contributed by atoms with van der Waals surface area (Å²) >= 11 is 0. The van der Waals surface area contributed by atoms with Gasteiger partial charge in [-0.05, 0) is 18.9 Å². The zero-order chi connectivity index (χ0) is 10.6. The zero-order valence-electron chi connectivity index (χ0n) is 7.60. The quantitative estimate of drug-likeness (QED) is 0.752. The largest absolute Gasteiger partial charge is 0.435 e. The number of nitrogens with two attached hydrogens (primary N) is 1. The van der Waals surface area contributed by atoms with Gasteiger partial charge in [-0.25, -0.2) is 0 Å². The second kappa shape index (κ2) is 2.50. The maximum absolute atomic E-state index is 12.3. The molecular weight excluding hydrogens is 195 g/mol. The molecule has 6 heteroatoms. The summed E-state index contributed by atoms with van der Waals surface area (Å²) in [6, 6.07) is 1.03. The Morgan fingerprint density at radius 1 is 1.50 bits per heavy atom. The third-order valence-corrected chi connectivity index (χ3v) is 2.47. The molecular formula is C8H10F3N3. The molecule has 0 aliphatic heterocycles. The van der Waals surface area contributed by atoms with Crippen molar-refractivity contribution in [1.29, 1.82) is 0 Å². The van der Waals surface area contributed by atoms with E-state index in [0.717, 1.165) is 18.9 Å². The molecule has 0 amide bonds. The van der Waals surface area contributed by atoms with Crippen LogP contribution in [0.3, 0.4) is 0 Å². The molecule has 78 valence electrons. The maximum atomic E-state index is 12.3. The molecule has 3 nitrogen and oxygen atoms in total. The fourth-order valence-corrected chi connectivity index (χ4v) is 1.46. The lowest BCUT2D eigenvalue weighted by atomic mass is 10.2. The summed E-state index contributed by atoms with van der Waals surface area (Å²) in [5, 5.41) is 3.40. The molecule has 0 aromatic carbocycles. The van der Waals surface area contributed by atoms with Gasteiger partial charge in [-0.15, -0.1) is 0 Å². The Kier molecular flexibility index (Phi) is 1.70. The Morgan fingerprint density at radius 3 is 2.43 bits per heavy atom. The molecule has 1 heterocycles. The van der Waals surface area contributed by atoms with E-state index in [9.17, 15) is 13.2 Å². The van der Waals surface area contributed by atoms with Gasteiger partial charge in [0.2, 0.25) is 0 Å². The minimum absolute atomic E-state index is 0.463. The number of hydrogen-bond donors (Lipinski definition) is 1. The van der Waals surface area contributed by atoms with Crippen molar-refractivity contribution < 1.29 is 13.2 Å². The van der Waals surface area contributed by atoms with E-state index in [1.165, 1.54) is 11.7 Å². The highest BCUT2D eigenvalue weighted by Gasteiger charge is 2.45. The summed E-state index contributed by atoms with van der Waals surface area (Å²) in [4.78, 5) is 0. The van der Waals surface area contributed by atoms with Gasteiger partial charge in [0.25, 0.3) is 0 Å². The lowest BCUT2D eigenvalue weighted by molar-refractivity contribution is -0.141. The van der Waals surface area contributed by atoms with Crippen LogP contribution in [0.25, 0.3) is 0 Å². The molecule has 2 N–H and O–H groups in total. The highest BCUT2D eigenvalue weighted by molar-refractivity contribution is 5.26. The zero-order valence-corrected chi connectivity index (χ0v) is 7.60. The molecule has 1 aliphatic rings. The number of aryl methyl sites for hydroxylation is 1. The van der Waals surface area contributed by atoms with Crippen molar-refractivity contribution in [3.05, 3.63) is 17.5 Å². The standard InChI is InChI=1S/C8H10F3N3/c1-14-6(7(12)2-3-7)4-5(13-14)8(9,10)11/h4H,2-3,12H2,1H3. The molecule has 0 atom stereocenters. The second-order valence-corrected chi connectivity index (χ2v) is 3.69. The summed E-state index contributed by atoms with van der Waals surface area (Å²) in [7, 11) is 1.48. The molecule has 0 spiro atoms. The van der Waals surface area contributed by atoms with E-state index >= 15 is 0 Å². The number of aromatic nitrogens is 2. The van der Waals surface area contributed by atoms with Crippen LogP contribution in [-0.2, 0) is 18.8 Å². The minimum Gasteiger partial charge on any atom is -0.320 e. The van der Waals surface area contributed by atoms with Crippen LogP contribution < -0.4 is 5.73 Å². The first kappa shape index (κ1) is 9.51. The first-order valence-electron chi connectivity index (χ1n) is 4.23. The highest BCUT2D eigenvalue weighted by atomic mass is 19.4. The van der Waals surface area contributed by atoms with Crippen molar-refractivity contribution >= 4 is 0 Å². The van der Waals surface area contributed by atoms with Crippen LogP contribution >= 0.6 is 0 Å². The maximum Gasteiger partial charge on any atom is 0.435 e. The molecule has 1 fully saturated rings. The van der Waals surface area contributed by atoms with Gasteiger partial charge < -0.3 is 5.73 Å². The van der Waals surface area contributed by atoms with Gasteiger partial charge in [0.05, 0.1) is 11.2 Å². The Morgan fingerprint density at radius 2 is 2.07 bits per heavy atom. The van der Waals surface area contributed by atoms with E-state index in [2.05, 4.69) is 5.10 Å². The lowest BCUT2D eigenvalue weighted by Crippen LogP contribution is -2.22. The highest BCUT2D eigenvalue weighted by Crippen LogP contribution is 2.43. The Labute approximate surface area is 78.7 Å². The van der Waals surface area contributed by atoms with Crippen molar-refractivity contribution in [2.24, 2.45) is 12.8 Å². The SMILES string of the molecule is Cn1nc(C(F)(F)F)cc1C1(N)CC1. The van der Waals surface area contributed by atoms with Crippen LogP contribution in [0.4, 0.5) is 13.2 Å². The van der Waals surface area contributed by atoms with Crippen molar-refractivity contribution in [1.82, 2.24) is 9.78 Å². The summed E-state index contributed by atoms with van der Waals surface area (Å²) in [6.07, 6.45) is -2.94. The molecule has 0 saturated heterocycles. The molecule has 0 bridgehead atoms. The van der Waals surface area contributed by atoms with Crippen molar-refractivity contribution in [2.45, 2.75) is 24.6 Å². The molecule has 0 radical (unpaired) electrons. The van der Waals surface area contributed by atoms with E-state index in [1.54, 1.807) is 0 Å². The Hall–Kier alpha value is -1.04. The average molecular weight is 205 g/mol. The van der Waals surface area contributed by atoms with Crippen LogP contribution in [0.1, 0.15) is 24.2 Å². The van der Waals surface area contributed by atoms with Gasteiger partial charge in [-0.3, -0.25) is 4.68 Å². The summed E-state index contributed by atoms with van der Waals surface area (Å²) in [5.74, 6) is 0. The average Bonchev–Trinajstić information content (AvgIpc) is 2.60. The van der Waals surface area contributed by atoms with Crippen LogP contribution in [-0.4, -0.2) is 9.78 Å². The van der Waals surface area contributed by atoms with E-state index in [4.69, 9.17) is 5.73 Å². The first-order chi connectivity index (χ1) is 6.33. The van der Waals surface area contributed by atoms with Gasteiger partial charge in [0, 0.05) is 7.05 Å². The van der Waals surface area contributed by atoms with Crippen LogP contribution in [0.15, 0.2) is 6.07 Å². The van der Waals surface area contributed by atoms with Gasteiger partial charge >= 0.3 is 6.18 Å². The number of rotatable bonds is 1. The van der Waals surface area contributed by atoms with E-state index in [-0.39, 0.29) is 0 Å². The number of alkyl halides is 3. The predicted molar refractivity (Wildman–Crippen MR) is 43.3 cm³/mol. The fraction of sp³-hybridized carbons (Fsp3) is 0.625. The van der Waals surface area contributed by atoms with E-state index in [1.807, 2.05) is 0 Å². The third kappa shape index (κ3) is 1.39. The molecule has 1 saturated carbocycles. The molecule has 2 rings (SSSR count). The van der Waals surface area contributed by atoms with Crippen molar-refractivity contribution in [3.63, 3.8) is 0 Å². The van der Waals surface area contributed by atoms with Crippen molar-refractivity contribution in [3.8, 4) is 0 Å². The van der Waals surface area contributed by atoms with Gasteiger partial charge in [-0.2, -0.15) is 18.3 Å². The molecule has 1 aromatic rings. The molecule has 14 heavy (non-hydrogen) atoms. The smallest absolute Gasteiger partial charge is 0.320 e. The molecule has 1 aromatic heterocycles. The number of nitrogens with zero attached hydrogens (tertiary/aromatic N) is 2. The topological polar surface area (TPSA) is 43.8 Å². The summed E-state index contributed by atoms with van der Waals surface area (Å²) in [6.45, 7) is 0. The van der Waals surface area contributed by atoms with Crippen molar-refractivity contribution in [2.75, 3.05) is 0 Å².